The van der Waals surface area contributed by atoms with Gasteiger partial charge in [0, 0.05) is 21.9 Å². The number of nitrogen functional groups attached to an aromatic ring is 1. The van der Waals surface area contributed by atoms with E-state index in [0.29, 0.717) is 0 Å². The quantitative estimate of drug-likeness (QED) is 0.529. The van der Waals surface area contributed by atoms with Gasteiger partial charge in [-0.15, -0.1) is 0 Å². The molecule has 1 heterocycles. The average molecular weight is 363 g/mol. The zero-order valence-corrected chi connectivity index (χ0v) is 13.0. The molecule has 2 aromatic carbocycles. The Balaban J connectivity index is 2.30. The highest BCUT2D eigenvalue weighted by Gasteiger charge is 2.12. The van der Waals surface area contributed by atoms with E-state index >= 15 is 0 Å². The van der Waals surface area contributed by atoms with Gasteiger partial charge in [-0.1, -0.05) is 6.07 Å². The standard InChI is InChI=1S/C15H14IN3/c1-9-3-6-14-13(7-9)18-15(19(14)2)11-8-10(16)4-5-12(11)17/h3-8H,17H2,1-2H3. The Hall–Kier alpha value is -1.56. The van der Waals surface area contributed by atoms with Gasteiger partial charge in [0.25, 0.3) is 0 Å². The van der Waals surface area contributed by atoms with Crippen molar-refractivity contribution < 1.29 is 0 Å². The first-order valence-electron chi connectivity index (χ1n) is 6.05. The topological polar surface area (TPSA) is 43.8 Å². The summed E-state index contributed by atoms with van der Waals surface area (Å²) < 4.78 is 3.25. The van der Waals surface area contributed by atoms with Crippen molar-refractivity contribution >= 4 is 39.3 Å². The molecule has 0 bridgehead atoms. The summed E-state index contributed by atoms with van der Waals surface area (Å²) in [7, 11) is 2.03. The number of nitrogens with two attached hydrogens (primary N) is 1. The van der Waals surface area contributed by atoms with Gasteiger partial charge in [0.05, 0.1) is 11.0 Å². The SMILES string of the molecule is Cc1ccc2c(c1)nc(-c1cc(I)ccc1N)n2C. The summed E-state index contributed by atoms with van der Waals surface area (Å²) in [5, 5.41) is 0. The van der Waals surface area contributed by atoms with Crippen LogP contribution >= 0.6 is 22.6 Å². The molecule has 3 aromatic rings. The van der Waals surface area contributed by atoms with E-state index in [2.05, 4.69) is 58.3 Å². The van der Waals surface area contributed by atoms with Gasteiger partial charge in [-0.05, 0) is 65.4 Å². The van der Waals surface area contributed by atoms with Crippen LogP contribution in [0, 0.1) is 10.5 Å². The van der Waals surface area contributed by atoms with Gasteiger partial charge in [0.1, 0.15) is 5.82 Å². The van der Waals surface area contributed by atoms with Crippen LogP contribution in [-0.2, 0) is 7.05 Å². The summed E-state index contributed by atoms with van der Waals surface area (Å²) in [6.07, 6.45) is 0. The highest BCUT2D eigenvalue weighted by Crippen LogP contribution is 2.29. The van der Waals surface area contributed by atoms with Crippen LogP contribution in [0.5, 0.6) is 0 Å². The monoisotopic (exact) mass is 363 g/mol. The number of halogens is 1. The molecule has 0 unspecified atom stereocenters. The fourth-order valence-corrected chi connectivity index (χ4v) is 2.76. The van der Waals surface area contributed by atoms with Crippen molar-refractivity contribution in [2.24, 2.45) is 7.05 Å². The van der Waals surface area contributed by atoms with Crippen LogP contribution in [0.3, 0.4) is 0 Å². The Labute approximate surface area is 125 Å². The van der Waals surface area contributed by atoms with Crippen molar-refractivity contribution in [1.82, 2.24) is 9.55 Å². The lowest BCUT2D eigenvalue weighted by Crippen LogP contribution is -1.97. The lowest BCUT2D eigenvalue weighted by Gasteiger charge is -2.06. The van der Waals surface area contributed by atoms with Gasteiger partial charge in [-0.3, -0.25) is 0 Å². The predicted molar refractivity (Wildman–Crippen MR) is 88.0 cm³/mol. The van der Waals surface area contributed by atoms with E-state index < -0.39 is 0 Å². The number of aromatic nitrogens is 2. The van der Waals surface area contributed by atoms with Crippen molar-refractivity contribution in [3.8, 4) is 11.4 Å². The lowest BCUT2D eigenvalue weighted by atomic mass is 10.2. The second-order valence-corrected chi connectivity index (χ2v) is 5.96. The Morgan fingerprint density at radius 1 is 1.16 bits per heavy atom. The van der Waals surface area contributed by atoms with E-state index in [1.807, 2.05) is 19.2 Å². The molecule has 3 rings (SSSR count). The van der Waals surface area contributed by atoms with Crippen molar-refractivity contribution in [2.45, 2.75) is 6.92 Å². The van der Waals surface area contributed by atoms with Crippen molar-refractivity contribution in [2.75, 3.05) is 5.73 Å². The molecule has 0 fully saturated rings. The van der Waals surface area contributed by atoms with Gasteiger partial charge in [-0.2, -0.15) is 0 Å². The van der Waals surface area contributed by atoms with Crippen LogP contribution in [0.4, 0.5) is 5.69 Å². The minimum Gasteiger partial charge on any atom is -0.398 e. The molecule has 0 aliphatic heterocycles. The number of hydrogen-bond acceptors (Lipinski definition) is 2. The molecular weight excluding hydrogens is 349 g/mol. The number of rotatable bonds is 1. The van der Waals surface area contributed by atoms with Gasteiger partial charge in [0.2, 0.25) is 0 Å². The van der Waals surface area contributed by atoms with E-state index in [1.54, 1.807) is 0 Å². The van der Waals surface area contributed by atoms with Crippen LogP contribution in [0.25, 0.3) is 22.4 Å². The second kappa shape index (κ2) is 4.52. The first kappa shape index (κ1) is 12.5. The molecule has 19 heavy (non-hydrogen) atoms. The number of nitrogens with zero attached hydrogens (tertiary/aromatic N) is 2. The Kier molecular flexibility index (Phi) is 2.97. The highest BCUT2D eigenvalue weighted by atomic mass is 127. The van der Waals surface area contributed by atoms with Gasteiger partial charge >= 0.3 is 0 Å². The van der Waals surface area contributed by atoms with E-state index in [1.165, 1.54) is 5.56 Å². The van der Waals surface area contributed by atoms with E-state index in [-0.39, 0.29) is 0 Å². The first-order chi connectivity index (χ1) is 9.06. The maximum Gasteiger partial charge on any atom is 0.142 e. The molecule has 1 aromatic heterocycles. The molecule has 0 saturated carbocycles. The normalized spacial score (nSPS) is 11.1. The minimum absolute atomic E-state index is 0.760. The number of aryl methyl sites for hydroxylation is 2. The summed E-state index contributed by atoms with van der Waals surface area (Å²) in [4.78, 5) is 4.72. The van der Waals surface area contributed by atoms with Crippen LogP contribution in [0.15, 0.2) is 36.4 Å². The molecule has 0 spiro atoms. The number of benzene rings is 2. The van der Waals surface area contributed by atoms with Crippen molar-refractivity contribution in [3.63, 3.8) is 0 Å². The number of imidazole rings is 1. The van der Waals surface area contributed by atoms with E-state index in [4.69, 9.17) is 10.7 Å². The molecule has 0 amide bonds. The number of fused-ring (bicyclic) bond motifs is 1. The third-order valence-corrected chi connectivity index (χ3v) is 3.96. The minimum atomic E-state index is 0.760. The van der Waals surface area contributed by atoms with E-state index in [9.17, 15) is 0 Å². The molecule has 0 saturated heterocycles. The fourth-order valence-electron chi connectivity index (χ4n) is 2.27. The zero-order chi connectivity index (χ0) is 13.6. The zero-order valence-electron chi connectivity index (χ0n) is 10.8. The lowest BCUT2D eigenvalue weighted by molar-refractivity contribution is 0.959. The number of anilines is 1. The predicted octanol–water partition coefficient (Wildman–Crippen LogP) is 3.74. The Morgan fingerprint density at radius 2 is 1.95 bits per heavy atom. The molecule has 0 radical (unpaired) electrons. The fraction of sp³-hybridized carbons (Fsp3) is 0.133. The Morgan fingerprint density at radius 3 is 2.74 bits per heavy atom. The van der Waals surface area contributed by atoms with Crippen LogP contribution in [-0.4, -0.2) is 9.55 Å². The molecule has 0 aliphatic carbocycles. The average Bonchev–Trinajstić information content (AvgIpc) is 2.69. The first-order valence-corrected chi connectivity index (χ1v) is 7.12. The van der Waals surface area contributed by atoms with Crippen molar-refractivity contribution in [3.05, 3.63) is 45.5 Å². The molecule has 4 heteroatoms. The summed E-state index contributed by atoms with van der Waals surface area (Å²) in [5.41, 5.74) is 11.2. The van der Waals surface area contributed by atoms with Gasteiger partial charge in [-0.25, -0.2) is 4.98 Å². The summed E-state index contributed by atoms with van der Waals surface area (Å²) in [6.45, 7) is 2.08. The van der Waals surface area contributed by atoms with Crippen LogP contribution < -0.4 is 5.73 Å². The van der Waals surface area contributed by atoms with Crippen LogP contribution in [0.2, 0.25) is 0 Å². The maximum absolute atomic E-state index is 6.09. The summed E-state index contributed by atoms with van der Waals surface area (Å²) in [5.74, 6) is 0.914. The van der Waals surface area contributed by atoms with E-state index in [0.717, 1.165) is 31.7 Å². The van der Waals surface area contributed by atoms with Crippen molar-refractivity contribution in [1.29, 1.82) is 0 Å². The molecule has 0 atom stereocenters. The summed E-state index contributed by atoms with van der Waals surface area (Å²) in [6, 6.07) is 12.3. The maximum atomic E-state index is 6.09. The molecule has 0 aliphatic rings. The Bertz CT molecular complexity index is 774. The molecule has 2 N–H and O–H groups in total. The van der Waals surface area contributed by atoms with Gasteiger partial charge < -0.3 is 10.3 Å². The molecular formula is C15H14IN3. The summed E-state index contributed by atoms with van der Waals surface area (Å²) >= 11 is 2.29. The highest BCUT2D eigenvalue weighted by molar-refractivity contribution is 14.1. The third-order valence-electron chi connectivity index (χ3n) is 3.29. The molecule has 3 nitrogen and oxygen atoms in total. The smallest absolute Gasteiger partial charge is 0.142 e. The van der Waals surface area contributed by atoms with Gasteiger partial charge in [0.15, 0.2) is 0 Å². The molecule has 96 valence electrons. The second-order valence-electron chi connectivity index (χ2n) is 4.72. The largest absolute Gasteiger partial charge is 0.398 e. The number of hydrogen-bond donors (Lipinski definition) is 1. The third kappa shape index (κ3) is 2.10. The van der Waals surface area contributed by atoms with Crippen LogP contribution in [0.1, 0.15) is 5.56 Å².